The van der Waals surface area contributed by atoms with Crippen molar-refractivity contribution < 1.29 is 14.3 Å². The summed E-state index contributed by atoms with van der Waals surface area (Å²) in [6, 6.07) is 12.3. The summed E-state index contributed by atoms with van der Waals surface area (Å²) in [5.41, 5.74) is 1.00. The van der Waals surface area contributed by atoms with Crippen LogP contribution in [0, 0.1) is 5.92 Å². The van der Waals surface area contributed by atoms with E-state index in [1.54, 1.807) is 7.11 Å². The highest BCUT2D eigenvalue weighted by Gasteiger charge is 2.19. The van der Waals surface area contributed by atoms with Gasteiger partial charge in [-0.3, -0.25) is 4.79 Å². The lowest BCUT2D eigenvalue weighted by Crippen LogP contribution is -2.19. The van der Waals surface area contributed by atoms with Crippen molar-refractivity contribution in [3.8, 4) is 5.75 Å². The molecule has 41 heavy (non-hydrogen) atoms. The largest absolute Gasteiger partial charge is 0.497 e. The van der Waals surface area contributed by atoms with Crippen LogP contribution in [0.2, 0.25) is 0 Å². The topological polar surface area (TPSA) is 35.5 Å². The van der Waals surface area contributed by atoms with Gasteiger partial charge >= 0.3 is 5.97 Å². The standard InChI is InChI=1S/C38H58O3/c1-5-7-9-11-13-15-17-19-21-23-33(24-22-20-18-16-14-12-10-8-6-2)31-41-38(39)32(3)34-25-26-36-30-37(40-4)28-27-35(36)29-34/h5-6,25-30,32-33H,1-2,7-24,31H2,3-4H3/t32-/m0/s1. The zero-order valence-corrected chi connectivity index (χ0v) is 26.3. The van der Waals surface area contributed by atoms with Crippen molar-refractivity contribution in [2.45, 2.75) is 128 Å². The SMILES string of the molecule is C=CCCCCCCCCCC(CCCCCCCCCC=C)COC(=O)[C@@H](C)c1ccc2cc(OC)ccc2c1. The van der Waals surface area contributed by atoms with Crippen LogP contribution in [0.1, 0.15) is 134 Å². The number of allylic oxidation sites excluding steroid dienone is 2. The molecule has 2 aromatic rings. The normalized spacial score (nSPS) is 12.0. The summed E-state index contributed by atoms with van der Waals surface area (Å²) in [7, 11) is 1.68. The number of ether oxygens (including phenoxy) is 2. The summed E-state index contributed by atoms with van der Waals surface area (Å²) in [5.74, 6) is 0.928. The summed E-state index contributed by atoms with van der Waals surface area (Å²) in [6.45, 7) is 10.1. The Kier molecular flexibility index (Phi) is 18.7. The van der Waals surface area contributed by atoms with E-state index in [0.29, 0.717) is 12.5 Å². The summed E-state index contributed by atoms with van der Waals surface area (Å²) < 4.78 is 11.3. The number of hydrogen-bond acceptors (Lipinski definition) is 3. The van der Waals surface area contributed by atoms with Gasteiger partial charge < -0.3 is 9.47 Å². The maximum Gasteiger partial charge on any atom is 0.313 e. The molecule has 0 N–H and O–H groups in total. The zero-order valence-electron chi connectivity index (χ0n) is 26.3. The van der Waals surface area contributed by atoms with E-state index >= 15 is 0 Å². The van der Waals surface area contributed by atoms with E-state index in [1.807, 2.05) is 43.3 Å². The quantitative estimate of drug-likeness (QED) is 0.0686. The van der Waals surface area contributed by atoms with Crippen molar-refractivity contribution in [3.05, 3.63) is 67.3 Å². The lowest BCUT2D eigenvalue weighted by molar-refractivity contribution is -0.146. The first kappa shape index (κ1) is 34.7. The molecule has 3 heteroatoms. The highest BCUT2D eigenvalue weighted by Crippen LogP contribution is 2.27. The van der Waals surface area contributed by atoms with Gasteiger partial charge in [0, 0.05) is 0 Å². The Morgan fingerprint density at radius 3 is 1.73 bits per heavy atom. The molecule has 0 radical (unpaired) electrons. The van der Waals surface area contributed by atoms with Crippen LogP contribution < -0.4 is 4.74 Å². The van der Waals surface area contributed by atoms with E-state index in [1.165, 1.54) is 89.9 Å². The van der Waals surface area contributed by atoms with Gasteiger partial charge in [0.15, 0.2) is 0 Å². The number of esters is 1. The number of unbranched alkanes of at least 4 members (excludes halogenated alkanes) is 14. The maximum atomic E-state index is 13.1. The van der Waals surface area contributed by atoms with Crippen LogP contribution in [0.4, 0.5) is 0 Å². The summed E-state index contributed by atoms with van der Waals surface area (Å²) in [4.78, 5) is 13.1. The van der Waals surface area contributed by atoms with Crippen molar-refractivity contribution in [1.82, 2.24) is 0 Å². The molecule has 228 valence electrons. The molecule has 0 aliphatic heterocycles. The molecule has 0 spiro atoms. The van der Waals surface area contributed by atoms with E-state index in [-0.39, 0.29) is 11.9 Å². The lowest BCUT2D eigenvalue weighted by atomic mass is 9.94. The van der Waals surface area contributed by atoms with Crippen molar-refractivity contribution in [2.24, 2.45) is 5.92 Å². The van der Waals surface area contributed by atoms with Gasteiger partial charge in [-0.25, -0.2) is 0 Å². The summed E-state index contributed by atoms with van der Waals surface area (Å²) >= 11 is 0. The molecule has 0 fully saturated rings. The van der Waals surface area contributed by atoms with Gasteiger partial charge in [-0.2, -0.15) is 0 Å². The first-order valence-corrected chi connectivity index (χ1v) is 16.5. The first-order chi connectivity index (χ1) is 20.1. The molecule has 0 aliphatic rings. The Morgan fingerprint density at radius 1 is 0.707 bits per heavy atom. The molecular formula is C38H58O3. The smallest absolute Gasteiger partial charge is 0.313 e. The van der Waals surface area contributed by atoms with Crippen molar-refractivity contribution in [3.63, 3.8) is 0 Å². The van der Waals surface area contributed by atoms with Gasteiger partial charge in [-0.1, -0.05) is 113 Å². The molecule has 2 aromatic carbocycles. The van der Waals surface area contributed by atoms with Gasteiger partial charge in [-0.15, -0.1) is 13.2 Å². The van der Waals surface area contributed by atoms with Gasteiger partial charge in [0.25, 0.3) is 0 Å². The van der Waals surface area contributed by atoms with Crippen molar-refractivity contribution in [1.29, 1.82) is 0 Å². The number of hydrogen-bond donors (Lipinski definition) is 0. The molecule has 0 aromatic heterocycles. The second kappa shape index (κ2) is 22.1. The Balaban J connectivity index is 1.79. The highest BCUT2D eigenvalue weighted by atomic mass is 16.5. The molecule has 0 saturated heterocycles. The number of carbonyl (C=O) groups is 1. The summed E-state index contributed by atoms with van der Waals surface area (Å²) in [6.07, 6.45) is 26.9. The average molecular weight is 563 g/mol. The third-order valence-electron chi connectivity index (χ3n) is 8.43. The second-order valence-electron chi connectivity index (χ2n) is 11.9. The van der Waals surface area contributed by atoms with Crippen LogP contribution in [-0.2, 0) is 9.53 Å². The Labute approximate surface area is 251 Å². The average Bonchev–Trinajstić information content (AvgIpc) is 3.00. The van der Waals surface area contributed by atoms with E-state index in [0.717, 1.165) is 47.8 Å². The molecule has 0 aliphatic carbocycles. The molecule has 1 atom stereocenters. The lowest BCUT2D eigenvalue weighted by Gasteiger charge is -2.19. The molecular weight excluding hydrogens is 504 g/mol. The monoisotopic (exact) mass is 562 g/mol. The van der Waals surface area contributed by atoms with Gasteiger partial charge in [-0.05, 0) is 79.8 Å². The number of rotatable bonds is 25. The zero-order chi connectivity index (χ0) is 29.5. The van der Waals surface area contributed by atoms with E-state index in [4.69, 9.17) is 9.47 Å². The minimum atomic E-state index is -0.274. The fraction of sp³-hybridized carbons (Fsp3) is 0.605. The number of benzene rings is 2. The Hall–Kier alpha value is -2.55. The van der Waals surface area contributed by atoms with E-state index in [2.05, 4.69) is 25.3 Å². The minimum absolute atomic E-state index is 0.109. The van der Waals surface area contributed by atoms with Crippen molar-refractivity contribution in [2.75, 3.05) is 13.7 Å². The Bertz CT molecular complexity index is 968. The third kappa shape index (κ3) is 14.8. The predicted molar refractivity (Wildman–Crippen MR) is 177 cm³/mol. The minimum Gasteiger partial charge on any atom is -0.497 e. The van der Waals surface area contributed by atoms with Gasteiger partial charge in [0.05, 0.1) is 19.6 Å². The van der Waals surface area contributed by atoms with Crippen molar-refractivity contribution >= 4 is 16.7 Å². The van der Waals surface area contributed by atoms with Gasteiger partial charge in [0.2, 0.25) is 0 Å². The first-order valence-electron chi connectivity index (χ1n) is 16.5. The molecule has 2 rings (SSSR count). The fourth-order valence-corrected chi connectivity index (χ4v) is 5.62. The highest BCUT2D eigenvalue weighted by molar-refractivity contribution is 5.86. The van der Waals surface area contributed by atoms with Gasteiger partial charge in [0.1, 0.15) is 5.75 Å². The number of methoxy groups -OCH3 is 1. The van der Waals surface area contributed by atoms with Crippen LogP contribution in [0.25, 0.3) is 10.8 Å². The number of carbonyl (C=O) groups excluding carboxylic acids is 1. The van der Waals surface area contributed by atoms with E-state index < -0.39 is 0 Å². The Morgan fingerprint density at radius 2 is 1.20 bits per heavy atom. The molecule has 0 amide bonds. The molecule has 0 bridgehead atoms. The molecule has 3 nitrogen and oxygen atoms in total. The summed E-state index contributed by atoms with van der Waals surface area (Å²) in [5, 5.41) is 2.23. The van der Waals surface area contributed by atoms with Crippen LogP contribution >= 0.6 is 0 Å². The van der Waals surface area contributed by atoms with Crippen LogP contribution in [0.3, 0.4) is 0 Å². The number of fused-ring (bicyclic) bond motifs is 1. The third-order valence-corrected chi connectivity index (χ3v) is 8.43. The predicted octanol–water partition coefficient (Wildman–Crippen LogP) is 11.5. The molecule has 0 saturated carbocycles. The van der Waals surface area contributed by atoms with Crippen LogP contribution in [0.15, 0.2) is 61.7 Å². The molecule has 0 unspecified atom stereocenters. The molecule has 0 heterocycles. The fourth-order valence-electron chi connectivity index (χ4n) is 5.62. The second-order valence-corrected chi connectivity index (χ2v) is 11.9. The van der Waals surface area contributed by atoms with Crippen LogP contribution in [0.5, 0.6) is 5.75 Å². The maximum absolute atomic E-state index is 13.1. The van der Waals surface area contributed by atoms with E-state index in [9.17, 15) is 4.79 Å². The van der Waals surface area contributed by atoms with Crippen LogP contribution in [-0.4, -0.2) is 19.7 Å².